The van der Waals surface area contributed by atoms with Crippen LogP contribution >= 0.6 is 0 Å². The van der Waals surface area contributed by atoms with Crippen molar-refractivity contribution in [3.8, 4) is 0 Å². The molecule has 1 amide bonds. The topological polar surface area (TPSA) is 130 Å². The van der Waals surface area contributed by atoms with Crippen molar-refractivity contribution >= 4 is 17.6 Å². The minimum atomic E-state index is -1.54. The number of amides is 1. The number of carboxylic acids is 1. The number of nitrogens with one attached hydrogen (secondary N) is 1. The average molecular weight is 282 g/mol. The summed E-state index contributed by atoms with van der Waals surface area (Å²) in [6, 6.07) is 5.87. The van der Waals surface area contributed by atoms with Crippen molar-refractivity contribution in [2.24, 2.45) is 0 Å². The molecule has 0 saturated heterocycles. The van der Waals surface area contributed by atoms with Crippen molar-refractivity contribution in [3.05, 3.63) is 39.9 Å². The van der Waals surface area contributed by atoms with Gasteiger partial charge in [0, 0.05) is 24.6 Å². The first-order chi connectivity index (χ1) is 9.41. The van der Waals surface area contributed by atoms with E-state index in [0.29, 0.717) is 0 Å². The summed E-state index contributed by atoms with van der Waals surface area (Å²) in [4.78, 5) is 32.1. The number of rotatable bonds is 7. The van der Waals surface area contributed by atoms with Crippen LogP contribution in [-0.4, -0.2) is 39.7 Å². The smallest absolute Gasteiger partial charge is 0.332 e. The standard InChI is InChI=1S/C12H14N2O6/c15-10(12(17)18)5-6-13-11(16)7-8-3-1-2-4-9(8)14(19)20/h1-4,10,15H,5-7H2,(H,13,16)(H,17,18). The van der Waals surface area contributed by atoms with Gasteiger partial charge in [0.2, 0.25) is 5.91 Å². The summed E-state index contributed by atoms with van der Waals surface area (Å²) < 4.78 is 0. The lowest BCUT2D eigenvalue weighted by Crippen LogP contribution is -2.31. The molecule has 1 unspecified atom stereocenters. The predicted octanol–water partition coefficient (Wildman–Crippen LogP) is 0.0891. The van der Waals surface area contributed by atoms with Crippen LogP contribution in [0.4, 0.5) is 5.69 Å². The Kier molecular flexibility index (Phi) is 5.60. The van der Waals surface area contributed by atoms with Gasteiger partial charge >= 0.3 is 5.97 Å². The van der Waals surface area contributed by atoms with E-state index >= 15 is 0 Å². The van der Waals surface area contributed by atoms with Crippen LogP contribution in [0.1, 0.15) is 12.0 Å². The predicted molar refractivity (Wildman–Crippen MR) is 68.1 cm³/mol. The zero-order valence-corrected chi connectivity index (χ0v) is 10.5. The van der Waals surface area contributed by atoms with Crippen LogP contribution in [0.2, 0.25) is 0 Å². The first kappa shape index (κ1) is 15.6. The van der Waals surface area contributed by atoms with Crippen molar-refractivity contribution in [3.63, 3.8) is 0 Å². The second-order valence-electron chi connectivity index (χ2n) is 4.06. The van der Waals surface area contributed by atoms with Crippen molar-refractivity contribution in [2.45, 2.75) is 18.9 Å². The number of nitrogens with zero attached hydrogens (tertiary/aromatic N) is 1. The van der Waals surface area contributed by atoms with Crippen LogP contribution in [0.15, 0.2) is 24.3 Å². The highest BCUT2D eigenvalue weighted by molar-refractivity contribution is 5.79. The SMILES string of the molecule is O=C(Cc1ccccc1[N+](=O)[O-])NCCC(O)C(=O)O. The van der Waals surface area contributed by atoms with Gasteiger partial charge in [0.15, 0.2) is 6.10 Å². The van der Waals surface area contributed by atoms with Gasteiger partial charge in [0.1, 0.15) is 0 Å². The lowest BCUT2D eigenvalue weighted by atomic mass is 10.1. The number of para-hydroxylation sites is 1. The monoisotopic (exact) mass is 282 g/mol. The number of carboxylic acid groups (broad SMARTS) is 1. The molecule has 0 aromatic heterocycles. The van der Waals surface area contributed by atoms with Gasteiger partial charge in [-0.25, -0.2) is 4.79 Å². The lowest BCUT2D eigenvalue weighted by molar-refractivity contribution is -0.385. The molecule has 108 valence electrons. The summed E-state index contributed by atoms with van der Waals surface area (Å²) in [7, 11) is 0. The van der Waals surface area contributed by atoms with Gasteiger partial charge in [-0.1, -0.05) is 18.2 Å². The van der Waals surface area contributed by atoms with Crippen molar-refractivity contribution in [2.75, 3.05) is 6.54 Å². The molecule has 1 aromatic carbocycles. The molecule has 8 heteroatoms. The maximum absolute atomic E-state index is 11.6. The molecule has 0 aliphatic carbocycles. The summed E-state index contributed by atoms with van der Waals surface area (Å²) in [6.07, 6.45) is -1.85. The van der Waals surface area contributed by atoms with Crippen molar-refractivity contribution < 1.29 is 24.7 Å². The van der Waals surface area contributed by atoms with Crippen LogP contribution in [0.25, 0.3) is 0 Å². The maximum atomic E-state index is 11.6. The second-order valence-corrected chi connectivity index (χ2v) is 4.06. The molecule has 0 heterocycles. The molecule has 0 bridgehead atoms. The quantitative estimate of drug-likeness (QED) is 0.480. The van der Waals surface area contributed by atoms with Crippen molar-refractivity contribution in [1.29, 1.82) is 0 Å². The normalized spacial score (nSPS) is 11.7. The minimum absolute atomic E-state index is 0.0209. The molecule has 0 radical (unpaired) electrons. The third-order valence-electron chi connectivity index (χ3n) is 2.56. The van der Waals surface area contributed by atoms with Gasteiger partial charge in [-0.3, -0.25) is 14.9 Å². The highest BCUT2D eigenvalue weighted by Crippen LogP contribution is 2.17. The van der Waals surface area contributed by atoms with Gasteiger partial charge in [-0.2, -0.15) is 0 Å². The lowest BCUT2D eigenvalue weighted by Gasteiger charge is -2.07. The molecular weight excluding hydrogens is 268 g/mol. The highest BCUT2D eigenvalue weighted by atomic mass is 16.6. The average Bonchev–Trinajstić information content (AvgIpc) is 2.38. The van der Waals surface area contributed by atoms with Crippen LogP contribution in [0.5, 0.6) is 0 Å². The summed E-state index contributed by atoms with van der Waals surface area (Å²) in [5.74, 6) is -1.84. The van der Waals surface area contributed by atoms with Gasteiger partial charge in [0.05, 0.1) is 11.3 Å². The molecule has 0 fully saturated rings. The molecule has 1 rings (SSSR count). The van der Waals surface area contributed by atoms with E-state index in [-0.39, 0.29) is 30.6 Å². The van der Waals surface area contributed by atoms with E-state index in [1.54, 1.807) is 6.07 Å². The number of aliphatic hydroxyl groups is 1. The zero-order valence-electron chi connectivity index (χ0n) is 10.5. The number of nitro benzene ring substituents is 1. The molecule has 0 saturated carbocycles. The number of aliphatic carboxylic acids is 1. The molecule has 0 aliphatic rings. The van der Waals surface area contributed by atoms with E-state index < -0.39 is 22.9 Å². The third-order valence-corrected chi connectivity index (χ3v) is 2.56. The minimum Gasteiger partial charge on any atom is -0.479 e. The van der Waals surface area contributed by atoms with E-state index in [4.69, 9.17) is 10.2 Å². The molecule has 1 atom stereocenters. The number of nitro groups is 1. The fourth-order valence-corrected chi connectivity index (χ4v) is 1.55. The molecule has 1 aromatic rings. The van der Waals surface area contributed by atoms with Gasteiger partial charge in [-0.05, 0) is 0 Å². The fourth-order valence-electron chi connectivity index (χ4n) is 1.55. The third kappa shape index (κ3) is 4.65. The number of carbonyl (C=O) groups excluding carboxylic acids is 1. The van der Waals surface area contributed by atoms with Crippen LogP contribution in [0, 0.1) is 10.1 Å². The van der Waals surface area contributed by atoms with E-state index in [9.17, 15) is 19.7 Å². The largest absolute Gasteiger partial charge is 0.479 e. The summed E-state index contributed by atoms with van der Waals surface area (Å²) in [6.45, 7) is -0.0209. The number of hydrogen-bond acceptors (Lipinski definition) is 5. The van der Waals surface area contributed by atoms with E-state index in [0.717, 1.165) is 0 Å². The second kappa shape index (κ2) is 7.19. The first-order valence-corrected chi connectivity index (χ1v) is 5.81. The Morgan fingerprint density at radius 1 is 1.35 bits per heavy atom. The molecule has 3 N–H and O–H groups in total. The molecule has 0 spiro atoms. The van der Waals surface area contributed by atoms with Crippen LogP contribution in [-0.2, 0) is 16.0 Å². The Morgan fingerprint density at radius 3 is 2.60 bits per heavy atom. The van der Waals surface area contributed by atoms with Gasteiger partial charge in [-0.15, -0.1) is 0 Å². The number of benzene rings is 1. The van der Waals surface area contributed by atoms with Gasteiger partial charge < -0.3 is 15.5 Å². The molecule has 20 heavy (non-hydrogen) atoms. The van der Waals surface area contributed by atoms with E-state index in [1.165, 1.54) is 18.2 Å². The molecule has 0 aliphatic heterocycles. The number of carbonyl (C=O) groups is 2. The molecular formula is C12H14N2O6. The molecule has 8 nitrogen and oxygen atoms in total. The fraction of sp³-hybridized carbons (Fsp3) is 0.333. The Hall–Kier alpha value is -2.48. The van der Waals surface area contributed by atoms with Crippen molar-refractivity contribution in [1.82, 2.24) is 5.32 Å². The Balaban J connectivity index is 2.51. The first-order valence-electron chi connectivity index (χ1n) is 5.81. The van der Waals surface area contributed by atoms with Crippen LogP contribution < -0.4 is 5.32 Å². The Morgan fingerprint density at radius 2 is 2.00 bits per heavy atom. The van der Waals surface area contributed by atoms with Crippen LogP contribution in [0.3, 0.4) is 0 Å². The summed E-state index contributed by atoms with van der Waals surface area (Å²) in [5.41, 5.74) is 0.127. The zero-order chi connectivity index (χ0) is 15.1. The summed E-state index contributed by atoms with van der Waals surface area (Å²) >= 11 is 0. The van der Waals surface area contributed by atoms with E-state index in [1.807, 2.05) is 0 Å². The highest BCUT2D eigenvalue weighted by Gasteiger charge is 2.16. The van der Waals surface area contributed by atoms with Gasteiger partial charge in [0.25, 0.3) is 5.69 Å². The Labute approximate surface area is 114 Å². The Bertz CT molecular complexity index is 516. The number of hydrogen-bond donors (Lipinski definition) is 3. The maximum Gasteiger partial charge on any atom is 0.332 e. The number of aliphatic hydroxyl groups excluding tert-OH is 1. The summed E-state index contributed by atoms with van der Waals surface area (Å²) in [5, 5.41) is 30.6. The van der Waals surface area contributed by atoms with E-state index in [2.05, 4.69) is 5.32 Å².